The van der Waals surface area contributed by atoms with Crippen LogP contribution in [0.5, 0.6) is 0 Å². The maximum Gasteiger partial charge on any atom is 0.0472 e. The van der Waals surface area contributed by atoms with Crippen molar-refractivity contribution in [2.45, 2.75) is 44.6 Å². The summed E-state index contributed by atoms with van der Waals surface area (Å²) in [5, 5.41) is 8.98. The summed E-state index contributed by atoms with van der Waals surface area (Å²) in [6, 6.07) is 0.691. The van der Waals surface area contributed by atoms with Crippen molar-refractivity contribution in [3.05, 3.63) is 0 Å². The first-order valence-electron chi connectivity index (χ1n) is 7.33. The summed E-state index contributed by atoms with van der Waals surface area (Å²) in [4.78, 5) is 2.65. The van der Waals surface area contributed by atoms with Crippen LogP contribution in [0.3, 0.4) is 0 Å². The molecule has 1 atom stereocenters. The molecule has 1 N–H and O–H groups in total. The average Bonchev–Trinajstić information content (AvgIpc) is 2.84. The van der Waals surface area contributed by atoms with Crippen molar-refractivity contribution in [1.29, 1.82) is 0 Å². The van der Waals surface area contributed by atoms with Gasteiger partial charge in [-0.05, 0) is 56.2 Å². The van der Waals surface area contributed by atoms with Crippen LogP contribution in [0.1, 0.15) is 38.5 Å². The average molecular weight is 273 g/mol. The molecule has 2 aliphatic rings. The largest absolute Gasteiger partial charge is 0.396 e. The monoisotopic (exact) mass is 273 g/mol. The second kappa shape index (κ2) is 7.13. The number of nitrogens with zero attached hydrogens (tertiary/aromatic N) is 1. The number of thiol groups is 1. The minimum atomic E-state index is 0.329. The van der Waals surface area contributed by atoms with E-state index in [0.717, 1.165) is 44.6 Å². The van der Waals surface area contributed by atoms with Gasteiger partial charge in [-0.1, -0.05) is 0 Å². The molecule has 3 nitrogen and oxygen atoms in total. The van der Waals surface area contributed by atoms with Crippen LogP contribution in [0.4, 0.5) is 0 Å². The van der Waals surface area contributed by atoms with Gasteiger partial charge in [-0.2, -0.15) is 12.6 Å². The summed E-state index contributed by atoms with van der Waals surface area (Å²) >= 11 is 4.60. The number of aliphatic hydroxyl groups is 1. The van der Waals surface area contributed by atoms with Gasteiger partial charge >= 0.3 is 0 Å². The van der Waals surface area contributed by atoms with Crippen LogP contribution >= 0.6 is 12.6 Å². The van der Waals surface area contributed by atoms with Crippen LogP contribution in [0.15, 0.2) is 0 Å². The van der Waals surface area contributed by atoms with E-state index in [4.69, 9.17) is 9.84 Å². The van der Waals surface area contributed by atoms with Crippen LogP contribution in [0.25, 0.3) is 0 Å². The number of hydrogen-bond donors (Lipinski definition) is 2. The van der Waals surface area contributed by atoms with Crippen molar-refractivity contribution in [3.63, 3.8) is 0 Å². The van der Waals surface area contributed by atoms with Crippen LogP contribution in [-0.2, 0) is 4.74 Å². The van der Waals surface area contributed by atoms with Crippen LogP contribution in [0.2, 0.25) is 0 Å². The number of rotatable bonds is 6. The van der Waals surface area contributed by atoms with Gasteiger partial charge in [-0.3, -0.25) is 4.90 Å². The molecule has 0 saturated carbocycles. The summed E-state index contributed by atoms with van der Waals surface area (Å²) < 4.78 is 5.50. The molecule has 0 radical (unpaired) electrons. The van der Waals surface area contributed by atoms with Gasteiger partial charge in [0.15, 0.2) is 0 Å². The molecule has 0 aromatic heterocycles. The highest BCUT2D eigenvalue weighted by atomic mass is 32.1. The van der Waals surface area contributed by atoms with Gasteiger partial charge in [0.25, 0.3) is 0 Å². The van der Waals surface area contributed by atoms with Gasteiger partial charge in [-0.25, -0.2) is 0 Å². The van der Waals surface area contributed by atoms with Crippen molar-refractivity contribution >= 4 is 12.6 Å². The van der Waals surface area contributed by atoms with Crippen molar-refractivity contribution in [2.24, 2.45) is 5.41 Å². The molecule has 0 spiro atoms. The fourth-order valence-corrected chi connectivity index (χ4v) is 3.77. The normalized spacial score (nSPS) is 28.7. The highest BCUT2D eigenvalue weighted by Crippen LogP contribution is 2.35. The molecule has 2 aliphatic heterocycles. The third-order valence-electron chi connectivity index (χ3n) is 4.62. The predicted octanol–water partition coefficient (Wildman–Crippen LogP) is 1.95. The molecular weight excluding hydrogens is 246 g/mol. The Morgan fingerprint density at radius 1 is 1.33 bits per heavy atom. The lowest BCUT2D eigenvalue weighted by Gasteiger charge is -2.40. The van der Waals surface area contributed by atoms with Gasteiger partial charge in [0.1, 0.15) is 0 Å². The lowest BCUT2D eigenvalue weighted by atomic mass is 9.81. The molecule has 0 aromatic carbocycles. The molecule has 4 heteroatoms. The summed E-state index contributed by atoms with van der Waals surface area (Å²) in [6.45, 7) is 4.53. The Morgan fingerprint density at radius 2 is 2.11 bits per heavy atom. The molecule has 0 aliphatic carbocycles. The number of ether oxygens (including phenoxy) is 1. The number of aliphatic hydroxyl groups excluding tert-OH is 1. The van der Waals surface area contributed by atoms with Gasteiger partial charge < -0.3 is 9.84 Å². The van der Waals surface area contributed by atoms with E-state index in [9.17, 15) is 0 Å². The molecule has 2 saturated heterocycles. The second-order valence-electron chi connectivity index (χ2n) is 5.90. The first-order chi connectivity index (χ1) is 8.79. The van der Waals surface area contributed by atoms with Crippen LogP contribution < -0.4 is 0 Å². The second-order valence-corrected chi connectivity index (χ2v) is 6.22. The first kappa shape index (κ1) is 14.6. The molecule has 106 valence electrons. The number of likely N-dealkylation sites (tertiary alicyclic amines) is 1. The van der Waals surface area contributed by atoms with E-state index in [-0.39, 0.29) is 0 Å². The van der Waals surface area contributed by atoms with Gasteiger partial charge in [0, 0.05) is 32.4 Å². The van der Waals surface area contributed by atoms with E-state index in [1.807, 2.05) is 0 Å². The van der Waals surface area contributed by atoms with E-state index in [2.05, 4.69) is 17.5 Å². The summed E-state index contributed by atoms with van der Waals surface area (Å²) in [7, 11) is 0. The SMILES string of the molecule is OCCCC1CCCN1CC1(CS)CCOCC1. The van der Waals surface area contributed by atoms with E-state index in [0.29, 0.717) is 18.1 Å². The lowest BCUT2D eigenvalue weighted by Crippen LogP contribution is -2.44. The molecule has 0 bridgehead atoms. The highest BCUT2D eigenvalue weighted by molar-refractivity contribution is 7.80. The molecule has 2 rings (SSSR count). The molecule has 1 unspecified atom stereocenters. The van der Waals surface area contributed by atoms with Gasteiger partial charge in [0.05, 0.1) is 0 Å². The smallest absolute Gasteiger partial charge is 0.0472 e. The van der Waals surface area contributed by atoms with Crippen molar-refractivity contribution < 1.29 is 9.84 Å². The molecule has 0 aromatic rings. The minimum Gasteiger partial charge on any atom is -0.396 e. The van der Waals surface area contributed by atoms with Crippen molar-refractivity contribution in [3.8, 4) is 0 Å². The van der Waals surface area contributed by atoms with E-state index in [1.54, 1.807) is 0 Å². The van der Waals surface area contributed by atoms with Crippen LogP contribution in [0, 0.1) is 5.41 Å². The third-order valence-corrected chi connectivity index (χ3v) is 5.29. The standard InChI is InChI=1S/C14H27NO2S/c16-8-2-4-13-3-1-7-15(13)11-14(12-18)5-9-17-10-6-14/h13,16,18H,1-12H2. The maximum absolute atomic E-state index is 8.98. The lowest BCUT2D eigenvalue weighted by molar-refractivity contribution is 0.00483. The first-order valence-corrected chi connectivity index (χ1v) is 7.96. The summed E-state index contributed by atoms with van der Waals surface area (Å²) in [5.41, 5.74) is 0.364. The van der Waals surface area contributed by atoms with Gasteiger partial charge in [-0.15, -0.1) is 0 Å². The Balaban J connectivity index is 1.89. The zero-order chi connectivity index (χ0) is 12.8. The molecule has 0 amide bonds. The fourth-order valence-electron chi connectivity index (χ4n) is 3.36. The predicted molar refractivity (Wildman–Crippen MR) is 77.3 cm³/mol. The van der Waals surface area contributed by atoms with Crippen LogP contribution in [-0.4, -0.2) is 54.7 Å². The molecule has 2 heterocycles. The van der Waals surface area contributed by atoms with Gasteiger partial charge in [0.2, 0.25) is 0 Å². The Labute approximate surface area is 116 Å². The summed E-state index contributed by atoms with van der Waals surface area (Å²) in [6.07, 6.45) is 7.02. The zero-order valence-electron chi connectivity index (χ0n) is 11.3. The van der Waals surface area contributed by atoms with E-state index < -0.39 is 0 Å². The topological polar surface area (TPSA) is 32.7 Å². The quantitative estimate of drug-likeness (QED) is 0.726. The maximum atomic E-state index is 8.98. The molecule has 18 heavy (non-hydrogen) atoms. The highest BCUT2D eigenvalue weighted by Gasteiger charge is 2.36. The summed E-state index contributed by atoms with van der Waals surface area (Å²) in [5.74, 6) is 0.972. The Morgan fingerprint density at radius 3 is 2.78 bits per heavy atom. The number of hydrogen-bond acceptors (Lipinski definition) is 4. The third kappa shape index (κ3) is 3.62. The van der Waals surface area contributed by atoms with E-state index >= 15 is 0 Å². The fraction of sp³-hybridized carbons (Fsp3) is 1.00. The molecular formula is C14H27NO2S. The minimum absolute atomic E-state index is 0.329. The Kier molecular flexibility index (Phi) is 5.80. The van der Waals surface area contributed by atoms with E-state index in [1.165, 1.54) is 25.9 Å². The molecule has 2 fully saturated rings. The van der Waals surface area contributed by atoms with Crippen molar-refractivity contribution in [1.82, 2.24) is 4.90 Å². The Hall–Kier alpha value is 0.230. The zero-order valence-corrected chi connectivity index (χ0v) is 12.2. The Bertz CT molecular complexity index is 244. The van der Waals surface area contributed by atoms with Crippen molar-refractivity contribution in [2.75, 3.05) is 38.7 Å².